The zero-order valence-electron chi connectivity index (χ0n) is 9.69. The highest BCUT2D eigenvalue weighted by Crippen LogP contribution is 2.35. The number of hydrogen-bond acceptors (Lipinski definition) is 4. The van der Waals surface area contributed by atoms with E-state index in [9.17, 15) is 9.18 Å². The molecule has 1 aliphatic heterocycles. The van der Waals surface area contributed by atoms with E-state index in [0.29, 0.717) is 23.4 Å². The van der Waals surface area contributed by atoms with Crippen LogP contribution in [-0.2, 0) is 4.74 Å². The number of carboxylic acid groups (broad SMARTS) is 1. The van der Waals surface area contributed by atoms with Crippen molar-refractivity contribution in [1.29, 1.82) is 0 Å². The minimum absolute atomic E-state index is 0.133. The molecular formula is C12H14FNO3S. The molecule has 1 saturated heterocycles. The molecule has 1 aliphatic rings. The van der Waals surface area contributed by atoms with Crippen molar-refractivity contribution in [3.63, 3.8) is 0 Å². The number of nitrogens with two attached hydrogens (primary N) is 1. The average molecular weight is 271 g/mol. The summed E-state index contributed by atoms with van der Waals surface area (Å²) in [5.74, 6) is -1.88. The zero-order chi connectivity index (χ0) is 13.1. The Morgan fingerprint density at radius 3 is 2.72 bits per heavy atom. The van der Waals surface area contributed by atoms with Gasteiger partial charge in [0.05, 0.1) is 11.3 Å². The molecule has 0 atom stereocenters. The lowest BCUT2D eigenvalue weighted by atomic mass is 10.2. The van der Waals surface area contributed by atoms with Gasteiger partial charge in [0.2, 0.25) is 0 Å². The summed E-state index contributed by atoms with van der Waals surface area (Å²) in [7, 11) is 0. The van der Waals surface area contributed by atoms with E-state index < -0.39 is 11.8 Å². The van der Waals surface area contributed by atoms with Crippen molar-refractivity contribution in [2.75, 3.05) is 18.9 Å². The lowest BCUT2D eigenvalue weighted by Gasteiger charge is -2.22. The smallest absolute Gasteiger partial charge is 0.339 e. The SMILES string of the molecule is Nc1c(F)ccc(SC2CCOCC2)c1C(=O)O. The van der Waals surface area contributed by atoms with Gasteiger partial charge >= 0.3 is 5.97 Å². The van der Waals surface area contributed by atoms with Gasteiger partial charge in [-0.3, -0.25) is 0 Å². The van der Waals surface area contributed by atoms with Crippen molar-refractivity contribution in [3.05, 3.63) is 23.5 Å². The van der Waals surface area contributed by atoms with Crippen LogP contribution in [0.1, 0.15) is 23.2 Å². The molecule has 3 N–H and O–H groups in total. The maximum atomic E-state index is 13.3. The number of nitrogen functional groups attached to an aromatic ring is 1. The van der Waals surface area contributed by atoms with E-state index in [1.54, 1.807) is 0 Å². The summed E-state index contributed by atoms with van der Waals surface area (Å²) in [6.45, 7) is 1.35. The average Bonchev–Trinajstić information content (AvgIpc) is 2.35. The molecule has 1 heterocycles. The third-order valence-electron chi connectivity index (χ3n) is 2.83. The van der Waals surface area contributed by atoms with Crippen molar-refractivity contribution in [2.45, 2.75) is 23.0 Å². The normalized spacial score (nSPS) is 16.7. The van der Waals surface area contributed by atoms with E-state index in [4.69, 9.17) is 15.6 Å². The monoisotopic (exact) mass is 271 g/mol. The molecule has 4 nitrogen and oxygen atoms in total. The second-order valence-corrected chi connectivity index (χ2v) is 5.41. The van der Waals surface area contributed by atoms with Gasteiger partial charge in [-0.25, -0.2) is 9.18 Å². The predicted octanol–water partition coefficient (Wildman–Crippen LogP) is 2.38. The van der Waals surface area contributed by atoms with Gasteiger partial charge in [0, 0.05) is 23.4 Å². The van der Waals surface area contributed by atoms with Crippen molar-refractivity contribution in [3.8, 4) is 0 Å². The lowest BCUT2D eigenvalue weighted by molar-refractivity contribution is 0.0694. The fourth-order valence-corrected chi connectivity index (χ4v) is 3.12. The van der Waals surface area contributed by atoms with Crippen LogP contribution in [0.25, 0.3) is 0 Å². The summed E-state index contributed by atoms with van der Waals surface area (Å²) in [5.41, 5.74) is 5.07. The molecule has 0 aliphatic carbocycles. The first kappa shape index (κ1) is 13.2. The molecule has 1 aromatic rings. The standard InChI is InChI=1S/C12H14FNO3S/c13-8-1-2-9(10(11(8)14)12(15)16)18-7-3-5-17-6-4-7/h1-2,7H,3-6,14H2,(H,15,16). The van der Waals surface area contributed by atoms with Gasteiger partial charge in [-0.05, 0) is 25.0 Å². The maximum Gasteiger partial charge on any atom is 0.339 e. The Kier molecular flexibility index (Phi) is 4.08. The molecule has 0 spiro atoms. The number of ether oxygens (including phenoxy) is 1. The Bertz CT molecular complexity index is 461. The van der Waals surface area contributed by atoms with Crippen LogP contribution >= 0.6 is 11.8 Å². The Balaban J connectivity index is 2.26. The fraction of sp³-hybridized carbons (Fsp3) is 0.417. The number of halogens is 1. The van der Waals surface area contributed by atoms with Crippen LogP contribution in [0, 0.1) is 5.82 Å². The van der Waals surface area contributed by atoms with Crippen LogP contribution in [0.4, 0.5) is 10.1 Å². The van der Waals surface area contributed by atoms with Crippen molar-refractivity contribution >= 4 is 23.4 Å². The van der Waals surface area contributed by atoms with Crippen LogP contribution in [0.15, 0.2) is 17.0 Å². The summed E-state index contributed by atoms with van der Waals surface area (Å²) in [5, 5.41) is 9.41. The van der Waals surface area contributed by atoms with Gasteiger partial charge in [0.15, 0.2) is 0 Å². The molecule has 0 aromatic heterocycles. The molecule has 1 fully saturated rings. The largest absolute Gasteiger partial charge is 0.478 e. The minimum atomic E-state index is -1.19. The third kappa shape index (κ3) is 2.76. The van der Waals surface area contributed by atoms with Crippen LogP contribution in [-0.4, -0.2) is 29.5 Å². The minimum Gasteiger partial charge on any atom is -0.478 e. The second kappa shape index (κ2) is 5.58. The number of carboxylic acids is 1. The quantitative estimate of drug-likeness (QED) is 0.826. The number of thioether (sulfide) groups is 1. The number of aromatic carboxylic acids is 1. The predicted molar refractivity (Wildman–Crippen MR) is 67.5 cm³/mol. The number of carbonyl (C=O) groups is 1. The van der Waals surface area contributed by atoms with Crippen LogP contribution in [0.3, 0.4) is 0 Å². The van der Waals surface area contributed by atoms with Gasteiger partial charge in [-0.1, -0.05) is 0 Å². The summed E-state index contributed by atoms with van der Waals surface area (Å²) < 4.78 is 18.5. The summed E-state index contributed by atoms with van der Waals surface area (Å²) in [6.07, 6.45) is 1.72. The molecule has 0 unspecified atom stereocenters. The summed E-state index contributed by atoms with van der Waals surface area (Å²) >= 11 is 1.43. The molecule has 6 heteroatoms. The van der Waals surface area contributed by atoms with E-state index >= 15 is 0 Å². The van der Waals surface area contributed by atoms with Gasteiger partial charge in [0.25, 0.3) is 0 Å². The maximum absolute atomic E-state index is 13.3. The molecule has 0 bridgehead atoms. The van der Waals surface area contributed by atoms with Gasteiger partial charge in [0.1, 0.15) is 5.82 Å². The Labute approximate surface area is 108 Å². The van der Waals surface area contributed by atoms with Gasteiger partial charge < -0.3 is 15.6 Å². The van der Waals surface area contributed by atoms with Crippen molar-refractivity contribution in [1.82, 2.24) is 0 Å². The molecule has 18 heavy (non-hydrogen) atoms. The topological polar surface area (TPSA) is 72.5 Å². The first-order chi connectivity index (χ1) is 8.59. The summed E-state index contributed by atoms with van der Waals surface area (Å²) in [6, 6.07) is 2.69. The van der Waals surface area contributed by atoms with Gasteiger partial charge in [-0.2, -0.15) is 0 Å². The Morgan fingerprint density at radius 1 is 1.44 bits per heavy atom. The Hall–Kier alpha value is -1.27. The number of hydrogen-bond donors (Lipinski definition) is 2. The highest BCUT2D eigenvalue weighted by Gasteiger charge is 2.22. The Morgan fingerprint density at radius 2 is 2.11 bits per heavy atom. The molecular weight excluding hydrogens is 257 g/mol. The molecule has 0 saturated carbocycles. The van der Waals surface area contributed by atoms with E-state index in [2.05, 4.69) is 0 Å². The summed E-state index contributed by atoms with van der Waals surface area (Å²) in [4.78, 5) is 11.7. The molecule has 1 aromatic carbocycles. The lowest BCUT2D eigenvalue weighted by Crippen LogP contribution is -2.18. The van der Waals surface area contributed by atoms with Gasteiger partial charge in [-0.15, -0.1) is 11.8 Å². The highest BCUT2D eigenvalue weighted by atomic mass is 32.2. The van der Waals surface area contributed by atoms with E-state index in [-0.39, 0.29) is 11.3 Å². The second-order valence-electron chi connectivity index (χ2n) is 4.07. The molecule has 2 rings (SSSR count). The number of benzene rings is 1. The first-order valence-electron chi connectivity index (χ1n) is 5.65. The molecule has 98 valence electrons. The van der Waals surface area contributed by atoms with E-state index in [1.165, 1.54) is 23.9 Å². The van der Waals surface area contributed by atoms with Crippen molar-refractivity contribution in [2.24, 2.45) is 0 Å². The van der Waals surface area contributed by atoms with E-state index in [0.717, 1.165) is 12.8 Å². The fourth-order valence-electron chi connectivity index (χ4n) is 1.87. The number of anilines is 1. The van der Waals surface area contributed by atoms with Crippen molar-refractivity contribution < 1.29 is 19.0 Å². The van der Waals surface area contributed by atoms with Crippen LogP contribution in [0.2, 0.25) is 0 Å². The number of rotatable bonds is 3. The third-order valence-corrected chi connectivity index (χ3v) is 4.23. The molecule has 0 amide bonds. The zero-order valence-corrected chi connectivity index (χ0v) is 10.5. The molecule has 0 radical (unpaired) electrons. The van der Waals surface area contributed by atoms with Crippen LogP contribution < -0.4 is 5.73 Å². The van der Waals surface area contributed by atoms with E-state index in [1.807, 2.05) is 0 Å². The highest BCUT2D eigenvalue weighted by molar-refractivity contribution is 8.00. The van der Waals surface area contributed by atoms with Crippen LogP contribution in [0.5, 0.6) is 0 Å². The first-order valence-corrected chi connectivity index (χ1v) is 6.53.